The Morgan fingerprint density at radius 3 is 1.78 bits per heavy atom. The number of halogens is 3. The Morgan fingerprint density at radius 2 is 1.39 bits per heavy atom. The summed E-state index contributed by atoms with van der Waals surface area (Å²) in [6.45, 7) is 8.24. The molecule has 2 rings (SSSR count). The smallest absolute Gasteiger partial charge is 0.399 e. The largest absolute Gasteiger partial charge is 0.494 e. The molecule has 18 heavy (non-hydrogen) atoms. The van der Waals surface area contributed by atoms with Crippen molar-refractivity contribution in [1.82, 2.24) is 0 Å². The van der Waals surface area contributed by atoms with Crippen LogP contribution in [-0.4, -0.2) is 18.3 Å². The number of rotatable bonds is 1. The van der Waals surface area contributed by atoms with E-state index in [1.165, 1.54) is 0 Å². The lowest BCUT2D eigenvalue weighted by Gasteiger charge is -2.32. The first-order valence-corrected chi connectivity index (χ1v) is 8.30. The molecule has 1 aromatic carbocycles. The Hall–Kier alpha value is 0.895. The Balaban J connectivity index is 2.36. The maximum absolute atomic E-state index is 6.03. The van der Waals surface area contributed by atoms with Crippen LogP contribution in [0, 0.1) is 3.57 Å². The molecule has 0 bridgehead atoms. The minimum absolute atomic E-state index is 0.306. The SMILES string of the molecule is CC1(C)OB(c2cc(Br)c(I)c(Br)c2)OC1(C)C. The summed E-state index contributed by atoms with van der Waals surface area (Å²) < 4.78 is 15.3. The van der Waals surface area contributed by atoms with Gasteiger partial charge in [-0.1, -0.05) is 0 Å². The fraction of sp³-hybridized carbons (Fsp3) is 0.500. The van der Waals surface area contributed by atoms with Gasteiger partial charge >= 0.3 is 7.12 Å². The van der Waals surface area contributed by atoms with Crippen LogP contribution in [0.1, 0.15) is 27.7 Å². The molecule has 1 aromatic rings. The highest BCUT2D eigenvalue weighted by atomic mass is 127. The van der Waals surface area contributed by atoms with E-state index >= 15 is 0 Å². The molecule has 0 aromatic heterocycles. The predicted molar refractivity (Wildman–Crippen MR) is 90.3 cm³/mol. The van der Waals surface area contributed by atoms with Gasteiger partial charge in [-0.3, -0.25) is 0 Å². The summed E-state index contributed by atoms with van der Waals surface area (Å²) in [5.74, 6) is 0. The van der Waals surface area contributed by atoms with Gasteiger partial charge in [0.1, 0.15) is 0 Å². The van der Waals surface area contributed by atoms with Crippen molar-refractivity contribution in [3.05, 3.63) is 24.6 Å². The lowest BCUT2D eigenvalue weighted by Crippen LogP contribution is -2.41. The molecule has 1 saturated heterocycles. The van der Waals surface area contributed by atoms with Crippen molar-refractivity contribution in [1.29, 1.82) is 0 Å². The Bertz CT molecular complexity index is 452. The average molecular weight is 488 g/mol. The van der Waals surface area contributed by atoms with Crippen molar-refractivity contribution in [2.24, 2.45) is 0 Å². The number of hydrogen-bond acceptors (Lipinski definition) is 2. The monoisotopic (exact) mass is 486 g/mol. The van der Waals surface area contributed by atoms with Crippen LogP contribution in [0.4, 0.5) is 0 Å². The first-order chi connectivity index (χ1) is 8.14. The molecule has 1 fully saturated rings. The van der Waals surface area contributed by atoms with E-state index in [9.17, 15) is 0 Å². The van der Waals surface area contributed by atoms with Crippen LogP contribution in [0.15, 0.2) is 21.1 Å². The standard InChI is InChI=1S/C12H14BBr2IO2/c1-11(2)12(3,4)18-13(17-11)7-5-8(14)10(16)9(15)6-7/h5-6H,1-4H3. The fourth-order valence-corrected chi connectivity index (χ4v) is 3.22. The van der Waals surface area contributed by atoms with Gasteiger partial charge in [0.2, 0.25) is 0 Å². The Labute approximate surface area is 139 Å². The van der Waals surface area contributed by atoms with Crippen molar-refractivity contribution in [3.8, 4) is 0 Å². The van der Waals surface area contributed by atoms with Gasteiger partial charge in [-0.15, -0.1) is 0 Å². The molecule has 6 heteroatoms. The van der Waals surface area contributed by atoms with Gasteiger partial charge in [-0.05, 0) is 99.7 Å². The van der Waals surface area contributed by atoms with Crippen LogP contribution in [-0.2, 0) is 9.31 Å². The second-order valence-electron chi connectivity index (χ2n) is 5.39. The minimum Gasteiger partial charge on any atom is -0.399 e. The molecule has 0 radical (unpaired) electrons. The topological polar surface area (TPSA) is 18.5 Å². The van der Waals surface area contributed by atoms with Crippen molar-refractivity contribution in [2.75, 3.05) is 0 Å². The highest BCUT2D eigenvalue weighted by molar-refractivity contribution is 14.1. The molecule has 0 amide bonds. The molecule has 0 unspecified atom stereocenters. The summed E-state index contributed by atoms with van der Waals surface area (Å²) in [5, 5.41) is 0. The molecular formula is C12H14BBr2IO2. The van der Waals surface area contributed by atoms with Crippen LogP contribution in [0.5, 0.6) is 0 Å². The summed E-state index contributed by atoms with van der Waals surface area (Å²) >= 11 is 9.39. The van der Waals surface area contributed by atoms with E-state index < -0.39 is 0 Å². The molecule has 0 N–H and O–H groups in total. The maximum Gasteiger partial charge on any atom is 0.494 e. The summed E-state index contributed by atoms with van der Waals surface area (Å²) in [4.78, 5) is 0. The molecular weight excluding hydrogens is 474 g/mol. The van der Waals surface area contributed by atoms with Crippen LogP contribution in [0.25, 0.3) is 0 Å². The quantitative estimate of drug-likeness (QED) is 0.337. The fourth-order valence-electron chi connectivity index (χ4n) is 1.69. The molecule has 2 nitrogen and oxygen atoms in total. The maximum atomic E-state index is 6.03. The van der Waals surface area contributed by atoms with Gasteiger partial charge in [0.25, 0.3) is 0 Å². The molecule has 1 aliphatic heterocycles. The van der Waals surface area contributed by atoms with Gasteiger partial charge in [0.15, 0.2) is 0 Å². The first kappa shape index (κ1) is 15.3. The van der Waals surface area contributed by atoms with Crippen molar-refractivity contribution in [2.45, 2.75) is 38.9 Å². The van der Waals surface area contributed by atoms with E-state index in [0.717, 1.165) is 18.0 Å². The Morgan fingerprint density at radius 1 is 1.00 bits per heavy atom. The highest BCUT2D eigenvalue weighted by Gasteiger charge is 2.51. The van der Waals surface area contributed by atoms with Crippen LogP contribution < -0.4 is 5.46 Å². The average Bonchev–Trinajstić information content (AvgIpc) is 2.44. The predicted octanol–water partition coefficient (Wildman–Crippen LogP) is 4.12. The van der Waals surface area contributed by atoms with E-state index in [0.29, 0.717) is 0 Å². The second-order valence-corrected chi connectivity index (χ2v) is 8.17. The third-order valence-electron chi connectivity index (χ3n) is 3.53. The summed E-state index contributed by atoms with van der Waals surface area (Å²) in [5.41, 5.74) is 0.409. The molecule has 1 heterocycles. The molecule has 0 atom stereocenters. The normalized spacial score (nSPS) is 21.4. The van der Waals surface area contributed by atoms with Gasteiger partial charge in [-0.25, -0.2) is 0 Å². The van der Waals surface area contributed by atoms with E-state index in [4.69, 9.17) is 9.31 Å². The lowest BCUT2D eigenvalue weighted by molar-refractivity contribution is 0.00578. The molecule has 98 valence electrons. The van der Waals surface area contributed by atoms with E-state index in [2.05, 4.69) is 94.3 Å². The van der Waals surface area contributed by atoms with Crippen LogP contribution in [0.2, 0.25) is 0 Å². The van der Waals surface area contributed by atoms with Gasteiger partial charge < -0.3 is 9.31 Å². The minimum atomic E-state index is -0.320. The summed E-state index contributed by atoms with van der Waals surface area (Å²) in [6, 6.07) is 4.10. The second kappa shape index (κ2) is 5.02. The third-order valence-corrected chi connectivity index (χ3v) is 7.43. The molecule has 0 saturated carbocycles. The summed E-state index contributed by atoms with van der Waals surface area (Å²) in [6.07, 6.45) is 0. The van der Waals surface area contributed by atoms with E-state index in [-0.39, 0.29) is 18.3 Å². The summed E-state index contributed by atoms with van der Waals surface area (Å²) in [7, 11) is -0.320. The molecule has 1 aliphatic rings. The van der Waals surface area contributed by atoms with Crippen LogP contribution in [0.3, 0.4) is 0 Å². The van der Waals surface area contributed by atoms with E-state index in [1.807, 2.05) is 0 Å². The van der Waals surface area contributed by atoms with Crippen LogP contribution >= 0.6 is 54.5 Å². The van der Waals surface area contributed by atoms with Crippen molar-refractivity contribution < 1.29 is 9.31 Å². The molecule has 0 aliphatic carbocycles. The van der Waals surface area contributed by atoms with Gasteiger partial charge in [0.05, 0.1) is 11.2 Å². The molecule has 0 spiro atoms. The van der Waals surface area contributed by atoms with Crippen molar-refractivity contribution in [3.63, 3.8) is 0 Å². The highest BCUT2D eigenvalue weighted by Crippen LogP contribution is 2.37. The van der Waals surface area contributed by atoms with Crippen molar-refractivity contribution >= 4 is 67.0 Å². The number of hydrogen-bond donors (Lipinski definition) is 0. The zero-order valence-electron chi connectivity index (χ0n) is 10.7. The Kier molecular flexibility index (Phi) is 4.26. The zero-order valence-corrected chi connectivity index (χ0v) is 16.0. The zero-order chi connectivity index (χ0) is 13.7. The van der Waals surface area contributed by atoms with Gasteiger partial charge in [-0.2, -0.15) is 0 Å². The lowest BCUT2D eigenvalue weighted by atomic mass is 9.79. The van der Waals surface area contributed by atoms with Gasteiger partial charge in [0, 0.05) is 12.5 Å². The first-order valence-electron chi connectivity index (χ1n) is 5.64. The van der Waals surface area contributed by atoms with E-state index in [1.54, 1.807) is 0 Å². The number of benzene rings is 1. The third kappa shape index (κ3) is 2.68.